The standard InChI is InChI=1S/C22H34N2O3S/c1-5-27-20(25)18-16-12-11-14(22(2,3)4)13-17(16)28-19(18)24-21(26)23-15-9-7-6-8-10-15/h14-15H,5-13H2,1-4H3,(H2,23,24,26). The highest BCUT2D eigenvalue weighted by atomic mass is 32.1. The van der Waals surface area contributed by atoms with Crippen molar-refractivity contribution < 1.29 is 14.3 Å². The van der Waals surface area contributed by atoms with Crippen LogP contribution in [0.1, 0.15) is 87.0 Å². The summed E-state index contributed by atoms with van der Waals surface area (Å²) in [6, 6.07) is 0.0306. The van der Waals surface area contributed by atoms with E-state index in [-0.39, 0.29) is 23.5 Å². The monoisotopic (exact) mass is 406 g/mol. The quantitative estimate of drug-likeness (QED) is 0.646. The molecule has 1 aromatic heterocycles. The smallest absolute Gasteiger partial charge is 0.341 e. The summed E-state index contributed by atoms with van der Waals surface area (Å²) in [5.41, 5.74) is 1.89. The summed E-state index contributed by atoms with van der Waals surface area (Å²) in [5.74, 6) is 0.264. The summed E-state index contributed by atoms with van der Waals surface area (Å²) in [4.78, 5) is 26.5. The predicted octanol–water partition coefficient (Wildman–Crippen LogP) is 5.53. The SMILES string of the molecule is CCOC(=O)c1c(NC(=O)NC2CCCCC2)sc2c1CCC(C(C)(C)C)C2. The van der Waals surface area contributed by atoms with E-state index >= 15 is 0 Å². The summed E-state index contributed by atoms with van der Waals surface area (Å²) in [6.07, 6.45) is 8.54. The van der Waals surface area contributed by atoms with Gasteiger partial charge in [-0.2, -0.15) is 0 Å². The van der Waals surface area contributed by atoms with Crippen LogP contribution in [-0.2, 0) is 17.6 Å². The van der Waals surface area contributed by atoms with E-state index in [1.165, 1.54) is 24.1 Å². The van der Waals surface area contributed by atoms with E-state index in [1.54, 1.807) is 11.3 Å². The van der Waals surface area contributed by atoms with Crippen molar-refractivity contribution in [2.24, 2.45) is 11.3 Å². The first-order valence-corrected chi connectivity index (χ1v) is 11.5. The van der Waals surface area contributed by atoms with Crippen LogP contribution in [0.4, 0.5) is 9.80 Å². The zero-order valence-electron chi connectivity index (χ0n) is 17.7. The summed E-state index contributed by atoms with van der Waals surface area (Å²) < 4.78 is 5.31. The largest absolute Gasteiger partial charge is 0.462 e. The Morgan fingerprint density at radius 3 is 2.50 bits per heavy atom. The van der Waals surface area contributed by atoms with Crippen molar-refractivity contribution >= 4 is 28.3 Å². The first kappa shape index (κ1) is 21.2. The first-order chi connectivity index (χ1) is 13.3. The molecule has 3 rings (SSSR count). The molecule has 0 saturated heterocycles. The molecule has 1 saturated carbocycles. The third-order valence-electron chi connectivity index (χ3n) is 6.14. The van der Waals surface area contributed by atoms with Gasteiger partial charge in [-0.25, -0.2) is 9.59 Å². The van der Waals surface area contributed by atoms with Gasteiger partial charge >= 0.3 is 12.0 Å². The van der Waals surface area contributed by atoms with Gasteiger partial charge in [0.1, 0.15) is 5.00 Å². The van der Waals surface area contributed by atoms with Crippen LogP contribution < -0.4 is 10.6 Å². The van der Waals surface area contributed by atoms with Crippen LogP contribution >= 0.6 is 11.3 Å². The van der Waals surface area contributed by atoms with E-state index in [9.17, 15) is 9.59 Å². The highest BCUT2D eigenvalue weighted by Gasteiger charge is 2.34. The van der Waals surface area contributed by atoms with E-state index in [4.69, 9.17) is 4.74 Å². The van der Waals surface area contributed by atoms with Crippen molar-refractivity contribution in [3.63, 3.8) is 0 Å². The number of rotatable bonds is 4. The Bertz CT molecular complexity index is 714. The number of anilines is 1. The summed E-state index contributed by atoms with van der Waals surface area (Å²) in [5, 5.41) is 6.70. The van der Waals surface area contributed by atoms with Gasteiger partial charge in [-0.1, -0.05) is 40.0 Å². The zero-order valence-corrected chi connectivity index (χ0v) is 18.5. The van der Waals surface area contributed by atoms with E-state index in [2.05, 4.69) is 31.4 Å². The highest BCUT2D eigenvalue weighted by molar-refractivity contribution is 7.17. The molecular weight excluding hydrogens is 372 g/mol. The molecule has 2 aliphatic rings. The van der Waals surface area contributed by atoms with E-state index in [0.717, 1.165) is 37.7 Å². The molecule has 1 unspecified atom stereocenters. The average Bonchev–Trinajstić information content (AvgIpc) is 2.98. The van der Waals surface area contributed by atoms with Gasteiger partial charge in [0.05, 0.1) is 12.2 Å². The first-order valence-electron chi connectivity index (χ1n) is 10.7. The molecule has 2 N–H and O–H groups in total. The normalized spacial score (nSPS) is 20.4. The molecule has 0 bridgehead atoms. The summed E-state index contributed by atoms with van der Waals surface area (Å²) in [6.45, 7) is 8.98. The fourth-order valence-electron chi connectivity index (χ4n) is 4.40. The lowest BCUT2D eigenvalue weighted by molar-refractivity contribution is 0.0526. The van der Waals surface area contributed by atoms with Crippen molar-refractivity contribution in [2.45, 2.75) is 85.1 Å². The minimum absolute atomic E-state index is 0.205. The fraction of sp³-hybridized carbons (Fsp3) is 0.727. The van der Waals surface area contributed by atoms with Crippen LogP contribution in [0.3, 0.4) is 0 Å². The van der Waals surface area contributed by atoms with Crippen LogP contribution in [0.25, 0.3) is 0 Å². The molecule has 5 nitrogen and oxygen atoms in total. The topological polar surface area (TPSA) is 67.4 Å². The van der Waals surface area contributed by atoms with Crippen molar-refractivity contribution in [3.05, 3.63) is 16.0 Å². The van der Waals surface area contributed by atoms with Gasteiger partial charge in [-0.05, 0) is 55.9 Å². The Hall–Kier alpha value is -1.56. The number of carbonyl (C=O) groups is 2. The summed E-state index contributed by atoms with van der Waals surface area (Å²) in [7, 11) is 0. The molecule has 156 valence electrons. The number of fused-ring (bicyclic) bond motifs is 1. The van der Waals surface area contributed by atoms with Gasteiger partial charge < -0.3 is 10.1 Å². The van der Waals surface area contributed by atoms with Crippen molar-refractivity contribution in [1.29, 1.82) is 0 Å². The predicted molar refractivity (Wildman–Crippen MR) is 114 cm³/mol. The van der Waals surface area contributed by atoms with Gasteiger partial charge in [0, 0.05) is 10.9 Å². The van der Waals surface area contributed by atoms with Crippen molar-refractivity contribution in [3.8, 4) is 0 Å². The van der Waals surface area contributed by atoms with E-state index in [1.807, 2.05) is 6.92 Å². The maximum absolute atomic E-state index is 12.7. The number of carbonyl (C=O) groups excluding carboxylic acids is 2. The second kappa shape index (κ2) is 8.85. The van der Waals surface area contributed by atoms with Crippen LogP contribution in [0.2, 0.25) is 0 Å². The number of nitrogens with one attached hydrogen (secondary N) is 2. The fourth-order valence-corrected chi connectivity index (χ4v) is 5.71. The molecule has 1 aromatic rings. The van der Waals surface area contributed by atoms with E-state index < -0.39 is 0 Å². The number of hydrogen-bond donors (Lipinski definition) is 2. The second-order valence-electron chi connectivity index (χ2n) is 9.17. The maximum atomic E-state index is 12.7. The van der Waals surface area contributed by atoms with Crippen molar-refractivity contribution in [2.75, 3.05) is 11.9 Å². The lowest BCUT2D eigenvalue weighted by atomic mass is 9.72. The Balaban J connectivity index is 1.80. The summed E-state index contributed by atoms with van der Waals surface area (Å²) >= 11 is 1.55. The number of urea groups is 1. The molecule has 0 aliphatic heterocycles. The molecule has 2 aliphatic carbocycles. The maximum Gasteiger partial charge on any atom is 0.341 e. The van der Waals surface area contributed by atoms with Gasteiger partial charge in [-0.3, -0.25) is 5.32 Å². The number of hydrogen-bond acceptors (Lipinski definition) is 4. The molecule has 2 amide bonds. The molecular formula is C22H34N2O3S. The molecule has 0 aromatic carbocycles. The minimum Gasteiger partial charge on any atom is -0.462 e. The molecule has 1 fully saturated rings. The zero-order chi connectivity index (χ0) is 20.3. The number of amides is 2. The Kier molecular flexibility index (Phi) is 6.69. The molecule has 28 heavy (non-hydrogen) atoms. The average molecular weight is 407 g/mol. The Labute approximate surface area is 172 Å². The van der Waals surface area contributed by atoms with Gasteiger partial charge in [-0.15, -0.1) is 11.3 Å². The lowest BCUT2D eigenvalue weighted by Gasteiger charge is -2.33. The molecule has 1 heterocycles. The number of thiophene rings is 1. The van der Waals surface area contributed by atoms with Gasteiger partial charge in [0.25, 0.3) is 0 Å². The van der Waals surface area contributed by atoms with Crippen LogP contribution in [0, 0.1) is 11.3 Å². The third kappa shape index (κ3) is 4.88. The second-order valence-corrected chi connectivity index (χ2v) is 10.3. The highest BCUT2D eigenvalue weighted by Crippen LogP contribution is 2.44. The Morgan fingerprint density at radius 1 is 1.14 bits per heavy atom. The van der Waals surface area contributed by atoms with Gasteiger partial charge in [0.15, 0.2) is 0 Å². The molecule has 0 radical (unpaired) electrons. The number of ether oxygens (including phenoxy) is 1. The van der Waals surface area contributed by atoms with Crippen LogP contribution in [-0.4, -0.2) is 24.6 Å². The minimum atomic E-state index is -0.317. The van der Waals surface area contributed by atoms with E-state index in [0.29, 0.717) is 23.1 Å². The van der Waals surface area contributed by atoms with Gasteiger partial charge in [0.2, 0.25) is 0 Å². The number of esters is 1. The van der Waals surface area contributed by atoms with Crippen LogP contribution in [0.5, 0.6) is 0 Å². The third-order valence-corrected chi connectivity index (χ3v) is 7.31. The van der Waals surface area contributed by atoms with Crippen LogP contribution in [0.15, 0.2) is 0 Å². The molecule has 0 spiro atoms. The van der Waals surface area contributed by atoms with Crippen molar-refractivity contribution in [1.82, 2.24) is 5.32 Å². The molecule has 6 heteroatoms. The molecule has 1 atom stereocenters. The Morgan fingerprint density at radius 2 is 1.86 bits per heavy atom. The lowest BCUT2D eigenvalue weighted by Crippen LogP contribution is -2.39.